The first kappa shape index (κ1) is 28.9. The molecule has 3 aliphatic heterocycles. The number of carbonyl (C=O) groups excluding carboxylic acids is 2. The molecule has 3 saturated heterocycles. The van der Waals surface area contributed by atoms with Crippen LogP contribution < -0.4 is 4.74 Å². The maximum Gasteiger partial charge on any atom is 0.229 e. The van der Waals surface area contributed by atoms with Gasteiger partial charge in [-0.2, -0.15) is 0 Å². The van der Waals surface area contributed by atoms with Crippen LogP contribution in [0.2, 0.25) is 0 Å². The molecule has 216 valence electrons. The Morgan fingerprint density at radius 1 is 0.925 bits per heavy atom. The second-order valence-corrected chi connectivity index (χ2v) is 12.4. The van der Waals surface area contributed by atoms with Crippen LogP contribution in [0, 0.1) is 17.3 Å². The van der Waals surface area contributed by atoms with Crippen molar-refractivity contribution in [1.29, 1.82) is 0 Å². The van der Waals surface area contributed by atoms with Crippen LogP contribution in [0.4, 0.5) is 0 Å². The Labute approximate surface area is 245 Å². The minimum absolute atomic E-state index is 0. The molecule has 2 atom stereocenters. The molecule has 4 fully saturated rings. The summed E-state index contributed by atoms with van der Waals surface area (Å²) in [5.41, 5.74) is 2.32. The number of amides is 2. The van der Waals surface area contributed by atoms with Gasteiger partial charge in [0.25, 0.3) is 0 Å². The number of nitrogens with zero attached hydrogens (tertiary/aromatic N) is 3. The fourth-order valence-electron chi connectivity index (χ4n) is 7.70. The number of hydrogen-bond acceptors (Lipinski definition) is 4. The molecular formula is C33H44ClN3O3. The van der Waals surface area contributed by atoms with Crippen LogP contribution in [-0.2, 0) is 16.1 Å². The van der Waals surface area contributed by atoms with Gasteiger partial charge in [-0.3, -0.25) is 9.59 Å². The summed E-state index contributed by atoms with van der Waals surface area (Å²) >= 11 is 0. The standard InChI is InChI=1S/C33H43N3O3.ClH/c1-39-29-13-11-25(12-14-29)21-35-20-17-33(32(35)38)15-18-34(19-16-33)22-28-23-36(31(37)27-9-5-6-10-27)24-30(28)26-7-3-2-4-8-26;/h2-4,7-8,11-14,27-28,30H,5-6,9-10,15-24H2,1H3;1H/t28-,30+;/m0./s1. The van der Waals surface area contributed by atoms with Gasteiger partial charge in [-0.05, 0) is 74.4 Å². The van der Waals surface area contributed by atoms with E-state index in [1.165, 1.54) is 18.4 Å². The Kier molecular flexibility index (Phi) is 9.06. The molecule has 0 unspecified atom stereocenters. The third-order valence-electron chi connectivity index (χ3n) is 10.1. The van der Waals surface area contributed by atoms with E-state index in [2.05, 4.69) is 57.2 Å². The van der Waals surface area contributed by atoms with Crippen molar-refractivity contribution in [2.24, 2.45) is 17.3 Å². The lowest BCUT2D eigenvalue weighted by Crippen LogP contribution is -2.46. The molecule has 40 heavy (non-hydrogen) atoms. The SMILES string of the molecule is COc1ccc(CN2CCC3(CCN(C[C@H]4CN(C(=O)C5CCCC5)C[C@@H]4c4ccccc4)CC3)C2=O)cc1.Cl. The normalized spacial score (nSPS) is 25.0. The number of likely N-dealkylation sites (tertiary alicyclic amines) is 3. The van der Waals surface area contributed by atoms with Crippen LogP contribution in [0.25, 0.3) is 0 Å². The summed E-state index contributed by atoms with van der Waals surface area (Å²) in [6, 6.07) is 18.9. The number of piperidine rings is 1. The average molecular weight is 566 g/mol. The lowest BCUT2D eigenvalue weighted by atomic mass is 9.76. The van der Waals surface area contributed by atoms with Crippen molar-refractivity contribution in [3.8, 4) is 5.75 Å². The fraction of sp³-hybridized carbons (Fsp3) is 0.576. The topological polar surface area (TPSA) is 53.1 Å². The summed E-state index contributed by atoms with van der Waals surface area (Å²) < 4.78 is 5.28. The van der Waals surface area contributed by atoms with Crippen molar-refractivity contribution in [2.45, 2.75) is 57.4 Å². The minimum atomic E-state index is -0.193. The first-order chi connectivity index (χ1) is 19.0. The molecule has 4 aliphatic rings. The van der Waals surface area contributed by atoms with E-state index >= 15 is 0 Å². The molecule has 7 heteroatoms. The molecule has 3 heterocycles. The lowest BCUT2D eigenvalue weighted by Gasteiger charge is -2.39. The molecule has 2 aromatic rings. The first-order valence-corrected chi connectivity index (χ1v) is 15.0. The molecular weight excluding hydrogens is 522 g/mol. The minimum Gasteiger partial charge on any atom is -0.497 e. The highest BCUT2D eigenvalue weighted by Crippen LogP contribution is 2.43. The van der Waals surface area contributed by atoms with Crippen molar-refractivity contribution in [1.82, 2.24) is 14.7 Å². The number of ether oxygens (including phenoxy) is 1. The molecule has 1 spiro atoms. The van der Waals surface area contributed by atoms with E-state index in [9.17, 15) is 9.59 Å². The quantitative estimate of drug-likeness (QED) is 0.453. The Hall–Kier alpha value is -2.57. The first-order valence-electron chi connectivity index (χ1n) is 15.0. The maximum absolute atomic E-state index is 13.6. The fourth-order valence-corrected chi connectivity index (χ4v) is 7.70. The second kappa shape index (κ2) is 12.5. The zero-order chi connectivity index (χ0) is 26.8. The van der Waals surface area contributed by atoms with Crippen LogP contribution >= 0.6 is 12.4 Å². The number of carbonyl (C=O) groups is 2. The molecule has 0 N–H and O–H groups in total. The van der Waals surface area contributed by atoms with Crippen molar-refractivity contribution < 1.29 is 14.3 Å². The van der Waals surface area contributed by atoms with Gasteiger partial charge in [0.05, 0.1) is 12.5 Å². The van der Waals surface area contributed by atoms with Gasteiger partial charge < -0.3 is 19.4 Å². The zero-order valence-corrected chi connectivity index (χ0v) is 24.6. The Morgan fingerprint density at radius 2 is 1.60 bits per heavy atom. The third kappa shape index (κ3) is 5.89. The van der Waals surface area contributed by atoms with E-state index < -0.39 is 0 Å². The van der Waals surface area contributed by atoms with E-state index in [4.69, 9.17) is 4.74 Å². The molecule has 0 radical (unpaired) electrons. The summed E-state index contributed by atoms with van der Waals surface area (Å²) in [4.78, 5) is 33.7. The Bertz CT molecular complexity index is 1140. The summed E-state index contributed by atoms with van der Waals surface area (Å²) in [6.07, 6.45) is 7.37. The van der Waals surface area contributed by atoms with Gasteiger partial charge in [-0.15, -0.1) is 12.4 Å². The molecule has 1 saturated carbocycles. The van der Waals surface area contributed by atoms with Crippen LogP contribution in [-0.4, -0.2) is 72.9 Å². The molecule has 2 aromatic carbocycles. The number of hydrogen-bond donors (Lipinski definition) is 0. The number of halogens is 1. The van der Waals surface area contributed by atoms with Crippen molar-refractivity contribution in [3.05, 3.63) is 65.7 Å². The molecule has 0 aromatic heterocycles. The summed E-state index contributed by atoms with van der Waals surface area (Å²) in [6.45, 7) is 6.19. The van der Waals surface area contributed by atoms with Crippen molar-refractivity contribution >= 4 is 24.2 Å². The van der Waals surface area contributed by atoms with E-state index in [1.54, 1.807) is 7.11 Å². The number of methoxy groups -OCH3 is 1. The van der Waals surface area contributed by atoms with Gasteiger partial charge in [0.15, 0.2) is 0 Å². The number of rotatable bonds is 7. The molecule has 6 nitrogen and oxygen atoms in total. The smallest absolute Gasteiger partial charge is 0.229 e. The lowest BCUT2D eigenvalue weighted by molar-refractivity contribution is -0.139. The van der Waals surface area contributed by atoms with E-state index in [1.807, 2.05) is 12.1 Å². The predicted molar refractivity (Wildman–Crippen MR) is 160 cm³/mol. The summed E-state index contributed by atoms with van der Waals surface area (Å²) in [7, 11) is 1.68. The summed E-state index contributed by atoms with van der Waals surface area (Å²) in [5.74, 6) is 2.65. The van der Waals surface area contributed by atoms with E-state index in [0.29, 0.717) is 30.2 Å². The second-order valence-electron chi connectivity index (χ2n) is 12.4. The van der Waals surface area contributed by atoms with Gasteiger partial charge >= 0.3 is 0 Å². The van der Waals surface area contributed by atoms with Crippen LogP contribution in [0.5, 0.6) is 5.75 Å². The number of benzene rings is 2. The van der Waals surface area contributed by atoms with Crippen LogP contribution in [0.1, 0.15) is 62.0 Å². The Balaban J connectivity index is 0.00000323. The largest absolute Gasteiger partial charge is 0.497 e. The highest BCUT2D eigenvalue weighted by molar-refractivity contribution is 5.85. The van der Waals surface area contributed by atoms with Gasteiger partial charge in [0.1, 0.15) is 5.75 Å². The van der Waals surface area contributed by atoms with E-state index in [-0.39, 0.29) is 23.7 Å². The van der Waals surface area contributed by atoms with Crippen LogP contribution in [0.15, 0.2) is 54.6 Å². The zero-order valence-electron chi connectivity index (χ0n) is 23.8. The molecule has 0 bridgehead atoms. The van der Waals surface area contributed by atoms with Crippen molar-refractivity contribution in [3.63, 3.8) is 0 Å². The van der Waals surface area contributed by atoms with Gasteiger partial charge in [-0.25, -0.2) is 0 Å². The van der Waals surface area contributed by atoms with Gasteiger partial charge in [0.2, 0.25) is 11.8 Å². The highest BCUT2D eigenvalue weighted by Gasteiger charge is 2.48. The predicted octanol–water partition coefficient (Wildman–Crippen LogP) is 5.36. The third-order valence-corrected chi connectivity index (χ3v) is 10.1. The highest BCUT2D eigenvalue weighted by atomic mass is 35.5. The van der Waals surface area contributed by atoms with E-state index in [0.717, 1.165) is 82.7 Å². The maximum atomic E-state index is 13.6. The summed E-state index contributed by atoms with van der Waals surface area (Å²) in [5, 5.41) is 0. The molecule has 2 amide bonds. The molecule has 6 rings (SSSR count). The Morgan fingerprint density at radius 3 is 2.27 bits per heavy atom. The average Bonchev–Trinajstić information content (AvgIpc) is 3.73. The van der Waals surface area contributed by atoms with Crippen molar-refractivity contribution in [2.75, 3.05) is 46.4 Å². The molecule has 1 aliphatic carbocycles. The van der Waals surface area contributed by atoms with Gasteiger partial charge in [0, 0.05) is 44.6 Å². The monoisotopic (exact) mass is 565 g/mol. The van der Waals surface area contributed by atoms with Gasteiger partial charge in [-0.1, -0.05) is 55.3 Å². The van der Waals surface area contributed by atoms with Crippen LogP contribution in [0.3, 0.4) is 0 Å².